The zero-order chi connectivity index (χ0) is 25.7. The monoisotopic (exact) mass is 486 g/mol. The Morgan fingerprint density at radius 1 is 1.00 bits per heavy atom. The van der Waals surface area contributed by atoms with Gasteiger partial charge in [0.05, 0.1) is 12.5 Å². The van der Waals surface area contributed by atoms with E-state index in [0.29, 0.717) is 24.3 Å². The molecule has 6 nitrogen and oxygen atoms in total. The molecule has 2 heterocycles. The molecular formula is C30H34N2O4. The molecule has 36 heavy (non-hydrogen) atoms. The van der Waals surface area contributed by atoms with Crippen molar-refractivity contribution >= 4 is 17.4 Å². The van der Waals surface area contributed by atoms with Crippen LogP contribution in [0.2, 0.25) is 0 Å². The van der Waals surface area contributed by atoms with Crippen molar-refractivity contribution in [3.8, 4) is 0 Å². The number of pyridine rings is 1. The average Bonchev–Trinajstić information content (AvgIpc) is 2.88. The molecule has 2 aromatic carbocycles. The number of ketones is 1. The summed E-state index contributed by atoms with van der Waals surface area (Å²) in [5.41, 5.74) is 5.39. The van der Waals surface area contributed by atoms with Crippen LogP contribution in [0.1, 0.15) is 64.8 Å². The molecule has 0 unspecified atom stereocenters. The van der Waals surface area contributed by atoms with Gasteiger partial charge < -0.3 is 14.6 Å². The second-order valence-electron chi connectivity index (χ2n) is 9.50. The average molecular weight is 487 g/mol. The minimum Gasteiger partial charge on any atom is -0.466 e. The second kappa shape index (κ2) is 11.4. The summed E-state index contributed by atoms with van der Waals surface area (Å²) in [6.07, 6.45) is 1.89. The summed E-state index contributed by atoms with van der Waals surface area (Å²) < 4.78 is 5.19. The molecule has 0 bridgehead atoms. The summed E-state index contributed by atoms with van der Waals surface area (Å²) in [5.74, 6) is -0.208. The third kappa shape index (κ3) is 5.76. The molecule has 1 aliphatic heterocycles. The normalized spacial score (nSPS) is 14.9. The van der Waals surface area contributed by atoms with Gasteiger partial charge in [0.2, 0.25) is 5.56 Å². The summed E-state index contributed by atoms with van der Waals surface area (Å²) in [6.45, 7) is 7.72. The topological polar surface area (TPSA) is 79.5 Å². The zero-order valence-electron chi connectivity index (χ0n) is 21.3. The van der Waals surface area contributed by atoms with Gasteiger partial charge in [-0.15, -0.1) is 0 Å². The van der Waals surface area contributed by atoms with Crippen molar-refractivity contribution in [1.82, 2.24) is 4.98 Å². The Hall–Kier alpha value is -3.67. The van der Waals surface area contributed by atoms with Gasteiger partial charge in [0.1, 0.15) is 0 Å². The van der Waals surface area contributed by atoms with Crippen LogP contribution in [0.4, 0.5) is 5.69 Å². The van der Waals surface area contributed by atoms with E-state index in [4.69, 9.17) is 4.74 Å². The van der Waals surface area contributed by atoms with Crippen LogP contribution in [0.5, 0.6) is 0 Å². The highest BCUT2D eigenvalue weighted by Crippen LogP contribution is 2.33. The number of Topliss-reactive ketones (excluding diaryl/α,β-unsaturated/α-hetero) is 1. The summed E-state index contributed by atoms with van der Waals surface area (Å²) >= 11 is 0. The molecule has 188 valence electrons. The molecule has 4 rings (SSSR count). The largest absolute Gasteiger partial charge is 0.466 e. The standard InChI is InChI=1S/C30H34N2O4/c1-4-36-30(35)23-15-17-32(18-16-23)24-11-9-22(10-12-24)27(25-8-6-5-7-20(25)2)19-28(33)26-13-14-29(34)31-21(26)3/h5-14,23,27H,4,15-19H2,1-3H3,(H,31,34)/t27-/m1/s1. The van der Waals surface area contributed by atoms with E-state index in [2.05, 4.69) is 53.2 Å². The second-order valence-corrected chi connectivity index (χ2v) is 9.50. The molecule has 3 aromatic rings. The molecule has 6 heteroatoms. The quantitative estimate of drug-likeness (QED) is 0.351. The van der Waals surface area contributed by atoms with Crippen LogP contribution in [0.15, 0.2) is 65.5 Å². The maximum Gasteiger partial charge on any atom is 0.309 e. The van der Waals surface area contributed by atoms with E-state index < -0.39 is 0 Å². The van der Waals surface area contributed by atoms with Gasteiger partial charge in [0.15, 0.2) is 5.78 Å². The lowest BCUT2D eigenvalue weighted by Gasteiger charge is -2.33. The number of H-pyrrole nitrogens is 1. The van der Waals surface area contributed by atoms with E-state index in [1.165, 1.54) is 6.07 Å². The van der Waals surface area contributed by atoms with Gasteiger partial charge in [0, 0.05) is 48.4 Å². The zero-order valence-corrected chi connectivity index (χ0v) is 21.3. The Morgan fingerprint density at radius 2 is 1.69 bits per heavy atom. The van der Waals surface area contributed by atoms with Crippen molar-refractivity contribution in [2.75, 3.05) is 24.6 Å². The fraction of sp³-hybridized carbons (Fsp3) is 0.367. The number of nitrogens with zero attached hydrogens (tertiary/aromatic N) is 1. The maximum absolute atomic E-state index is 13.3. The number of esters is 1. The van der Waals surface area contributed by atoms with Crippen LogP contribution in [0, 0.1) is 19.8 Å². The van der Waals surface area contributed by atoms with Crippen molar-refractivity contribution in [3.05, 3.63) is 99.0 Å². The molecule has 0 spiro atoms. The van der Waals surface area contributed by atoms with Gasteiger partial charge in [-0.25, -0.2) is 0 Å². The predicted molar refractivity (Wildman–Crippen MR) is 142 cm³/mol. The lowest BCUT2D eigenvalue weighted by atomic mass is 9.83. The van der Waals surface area contributed by atoms with E-state index in [9.17, 15) is 14.4 Å². The molecule has 1 N–H and O–H groups in total. The first-order valence-corrected chi connectivity index (χ1v) is 12.7. The van der Waals surface area contributed by atoms with E-state index in [-0.39, 0.29) is 29.1 Å². The minimum absolute atomic E-state index is 0.00196. The van der Waals surface area contributed by atoms with E-state index in [0.717, 1.165) is 48.3 Å². The number of hydrogen-bond donors (Lipinski definition) is 1. The molecule has 1 saturated heterocycles. The summed E-state index contributed by atoms with van der Waals surface area (Å²) in [7, 11) is 0. The molecule has 1 aromatic heterocycles. The van der Waals surface area contributed by atoms with Gasteiger partial charge >= 0.3 is 5.97 Å². The van der Waals surface area contributed by atoms with Gasteiger partial charge in [-0.05, 0) is 68.5 Å². The number of piperidine rings is 1. The molecule has 1 aliphatic rings. The summed E-state index contributed by atoms with van der Waals surface area (Å²) in [6, 6.07) is 19.6. The molecule has 1 atom stereocenters. The number of carbonyl (C=O) groups excluding carboxylic acids is 2. The third-order valence-electron chi connectivity index (χ3n) is 7.15. The number of aryl methyl sites for hydroxylation is 2. The molecule has 0 radical (unpaired) electrons. The van der Waals surface area contributed by atoms with Gasteiger partial charge in [-0.3, -0.25) is 14.4 Å². The Labute approximate surface area is 212 Å². The first-order valence-electron chi connectivity index (χ1n) is 12.7. The first kappa shape index (κ1) is 25.4. The number of ether oxygens (including phenoxy) is 1. The number of benzene rings is 2. The fourth-order valence-corrected chi connectivity index (χ4v) is 5.11. The number of nitrogens with one attached hydrogen (secondary N) is 1. The first-order chi connectivity index (χ1) is 17.4. The minimum atomic E-state index is -0.207. The Kier molecular flexibility index (Phi) is 8.04. The van der Waals surface area contributed by atoms with Crippen LogP contribution in [-0.2, 0) is 9.53 Å². The third-order valence-corrected chi connectivity index (χ3v) is 7.15. The molecule has 1 fully saturated rings. The number of hydrogen-bond acceptors (Lipinski definition) is 5. The number of carbonyl (C=O) groups is 2. The Morgan fingerprint density at radius 3 is 2.33 bits per heavy atom. The highest BCUT2D eigenvalue weighted by atomic mass is 16.5. The highest BCUT2D eigenvalue weighted by Gasteiger charge is 2.27. The lowest BCUT2D eigenvalue weighted by Crippen LogP contribution is -2.36. The van der Waals surface area contributed by atoms with E-state index in [1.807, 2.05) is 19.1 Å². The van der Waals surface area contributed by atoms with Crippen molar-refractivity contribution in [2.45, 2.75) is 46.0 Å². The van der Waals surface area contributed by atoms with Crippen molar-refractivity contribution in [1.29, 1.82) is 0 Å². The van der Waals surface area contributed by atoms with Crippen molar-refractivity contribution in [3.63, 3.8) is 0 Å². The SMILES string of the molecule is CCOC(=O)C1CCN(c2ccc([C@@H](CC(=O)c3ccc(=O)[nH]c3C)c3ccccc3C)cc2)CC1. The summed E-state index contributed by atoms with van der Waals surface area (Å²) in [4.78, 5) is 42.0. The predicted octanol–water partition coefficient (Wildman–Crippen LogP) is 5.18. The number of aromatic amines is 1. The van der Waals surface area contributed by atoms with Gasteiger partial charge in [0.25, 0.3) is 0 Å². The smallest absolute Gasteiger partial charge is 0.309 e. The lowest BCUT2D eigenvalue weighted by molar-refractivity contribution is -0.148. The molecule has 0 aliphatic carbocycles. The van der Waals surface area contributed by atoms with Crippen molar-refractivity contribution in [2.24, 2.45) is 5.92 Å². The van der Waals surface area contributed by atoms with Crippen LogP contribution in [-0.4, -0.2) is 36.4 Å². The van der Waals surface area contributed by atoms with Crippen LogP contribution >= 0.6 is 0 Å². The highest BCUT2D eigenvalue weighted by molar-refractivity contribution is 5.97. The Balaban J connectivity index is 1.55. The van der Waals surface area contributed by atoms with E-state index in [1.54, 1.807) is 13.0 Å². The number of aromatic nitrogens is 1. The van der Waals surface area contributed by atoms with Crippen LogP contribution in [0.3, 0.4) is 0 Å². The summed E-state index contributed by atoms with van der Waals surface area (Å²) in [5, 5.41) is 0. The maximum atomic E-state index is 13.3. The Bertz CT molecular complexity index is 1270. The van der Waals surface area contributed by atoms with Gasteiger partial charge in [-0.1, -0.05) is 36.4 Å². The van der Waals surface area contributed by atoms with Crippen molar-refractivity contribution < 1.29 is 14.3 Å². The van der Waals surface area contributed by atoms with E-state index >= 15 is 0 Å². The number of anilines is 1. The fourth-order valence-electron chi connectivity index (χ4n) is 5.11. The van der Waals surface area contributed by atoms with Crippen LogP contribution < -0.4 is 10.5 Å². The number of rotatable bonds is 8. The molecule has 0 saturated carbocycles. The molecular weight excluding hydrogens is 452 g/mol. The molecule has 0 amide bonds. The van der Waals surface area contributed by atoms with Crippen LogP contribution in [0.25, 0.3) is 0 Å². The van der Waals surface area contributed by atoms with Gasteiger partial charge in [-0.2, -0.15) is 0 Å².